The second kappa shape index (κ2) is 8.33. The van der Waals surface area contributed by atoms with Crippen molar-refractivity contribution in [1.82, 2.24) is 4.72 Å². The van der Waals surface area contributed by atoms with E-state index in [1.54, 1.807) is 30.3 Å². The molecule has 26 heavy (non-hydrogen) atoms. The fourth-order valence-electron chi connectivity index (χ4n) is 2.18. The maximum absolute atomic E-state index is 12.9. The largest absolute Gasteiger partial charge is 0.418 e. The Morgan fingerprint density at radius 2 is 1.58 bits per heavy atom. The minimum Gasteiger partial charge on any atom is -0.324 e. The van der Waals surface area contributed by atoms with Crippen LogP contribution in [0, 0.1) is 0 Å². The van der Waals surface area contributed by atoms with Crippen molar-refractivity contribution in [1.29, 1.82) is 0 Å². The minimum atomic E-state index is -4.63. The van der Waals surface area contributed by atoms with E-state index >= 15 is 0 Å². The number of carbonyl (C=O) groups is 1. The molecule has 2 rings (SSSR count). The molecular weight excluding hydrogens is 369 g/mol. The molecule has 0 aliphatic rings. The Hall–Kier alpha value is -2.39. The van der Waals surface area contributed by atoms with Crippen LogP contribution in [0.3, 0.4) is 0 Å². The van der Waals surface area contributed by atoms with E-state index in [0.717, 1.165) is 17.7 Å². The molecule has 140 valence electrons. The number of halogens is 3. The van der Waals surface area contributed by atoms with Crippen LogP contribution >= 0.6 is 0 Å². The van der Waals surface area contributed by atoms with Gasteiger partial charge >= 0.3 is 6.18 Å². The van der Waals surface area contributed by atoms with Gasteiger partial charge in [0.05, 0.1) is 23.5 Å². The molecule has 0 radical (unpaired) electrons. The molecule has 0 saturated heterocycles. The summed E-state index contributed by atoms with van der Waals surface area (Å²) in [5, 5.41) is 2.08. The highest BCUT2D eigenvalue weighted by atomic mass is 32.2. The van der Waals surface area contributed by atoms with Crippen molar-refractivity contribution in [3.05, 3.63) is 65.7 Å². The van der Waals surface area contributed by atoms with E-state index in [2.05, 4.69) is 10.0 Å². The smallest absolute Gasteiger partial charge is 0.324 e. The van der Waals surface area contributed by atoms with Gasteiger partial charge in [-0.15, -0.1) is 0 Å². The van der Waals surface area contributed by atoms with Gasteiger partial charge in [-0.2, -0.15) is 13.2 Å². The molecule has 5 nitrogen and oxygen atoms in total. The molecule has 9 heteroatoms. The molecule has 0 fully saturated rings. The number of carbonyl (C=O) groups excluding carboxylic acids is 1. The van der Waals surface area contributed by atoms with Crippen LogP contribution in [0.5, 0.6) is 0 Å². The molecule has 0 atom stereocenters. The summed E-state index contributed by atoms with van der Waals surface area (Å²) >= 11 is 0. The number of alkyl halides is 3. The second-order valence-electron chi connectivity index (χ2n) is 5.47. The predicted molar refractivity (Wildman–Crippen MR) is 92.0 cm³/mol. The number of sulfonamides is 1. The number of para-hydroxylation sites is 1. The molecule has 2 N–H and O–H groups in total. The molecule has 2 aromatic carbocycles. The van der Waals surface area contributed by atoms with Crippen molar-refractivity contribution in [3.63, 3.8) is 0 Å². The lowest BCUT2D eigenvalue weighted by atomic mass is 10.1. The highest BCUT2D eigenvalue weighted by Crippen LogP contribution is 2.34. The third kappa shape index (κ3) is 6.16. The van der Waals surface area contributed by atoms with Gasteiger partial charge in [0.1, 0.15) is 0 Å². The van der Waals surface area contributed by atoms with Crippen molar-refractivity contribution >= 4 is 21.6 Å². The summed E-state index contributed by atoms with van der Waals surface area (Å²) in [4.78, 5) is 11.8. The van der Waals surface area contributed by atoms with Crippen LogP contribution in [-0.2, 0) is 27.4 Å². The third-order valence-electron chi connectivity index (χ3n) is 3.46. The maximum Gasteiger partial charge on any atom is 0.418 e. The Bertz CT molecular complexity index is 853. The summed E-state index contributed by atoms with van der Waals surface area (Å²) in [5.74, 6) is -1.12. The normalized spacial score (nSPS) is 12.0. The lowest BCUT2D eigenvalue weighted by molar-refractivity contribution is -0.137. The molecule has 0 heterocycles. The third-order valence-corrected chi connectivity index (χ3v) is 4.79. The summed E-state index contributed by atoms with van der Waals surface area (Å²) in [7, 11) is -3.74. The van der Waals surface area contributed by atoms with E-state index in [-0.39, 0.29) is 12.2 Å². The first-order valence-corrected chi connectivity index (χ1v) is 9.30. The van der Waals surface area contributed by atoms with Gasteiger partial charge in [-0.25, -0.2) is 13.1 Å². The van der Waals surface area contributed by atoms with Crippen molar-refractivity contribution in [2.45, 2.75) is 12.6 Å². The second-order valence-corrected chi connectivity index (χ2v) is 7.39. The summed E-state index contributed by atoms with van der Waals surface area (Å²) in [6, 6.07) is 13.4. The van der Waals surface area contributed by atoms with Crippen molar-refractivity contribution < 1.29 is 26.4 Å². The van der Waals surface area contributed by atoms with E-state index in [0.29, 0.717) is 0 Å². The molecule has 0 bridgehead atoms. The van der Waals surface area contributed by atoms with Crippen LogP contribution < -0.4 is 10.0 Å². The Balaban J connectivity index is 1.90. The molecule has 0 unspecified atom stereocenters. The van der Waals surface area contributed by atoms with Gasteiger partial charge in [-0.1, -0.05) is 42.5 Å². The topological polar surface area (TPSA) is 75.3 Å². The van der Waals surface area contributed by atoms with Gasteiger partial charge in [-0.05, 0) is 24.1 Å². The van der Waals surface area contributed by atoms with E-state index in [1.165, 1.54) is 12.1 Å². The van der Waals surface area contributed by atoms with E-state index in [1.807, 2.05) is 0 Å². The van der Waals surface area contributed by atoms with Crippen LogP contribution in [-0.4, -0.2) is 26.6 Å². The lowest BCUT2D eigenvalue weighted by Gasteiger charge is -2.13. The number of rotatable bonds is 7. The molecule has 2 aromatic rings. The van der Waals surface area contributed by atoms with Gasteiger partial charge in [0.25, 0.3) is 0 Å². The molecule has 1 amide bonds. The fraction of sp³-hybridized carbons (Fsp3) is 0.235. The average Bonchev–Trinajstić information content (AvgIpc) is 2.59. The van der Waals surface area contributed by atoms with Crippen molar-refractivity contribution in [2.24, 2.45) is 0 Å². The van der Waals surface area contributed by atoms with Gasteiger partial charge < -0.3 is 5.32 Å². The lowest BCUT2D eigenvalue weighted by Crippen LogP contribution is -2.35. The van der Waals surface area contributed by atoms with Crippen molar-refractivity contribution in [3.8, 4) is 0 Å². The van der Waals surface area contributed by atoms with Gasteiger partial charge in [0.15, 0.2) is 0 Å². The number of anilines is 1. The first-order valence-electron chi connectivity index (χ1n) is 7.65. The number of hydrogen-bond acceptors (Lipinski definition) is 3. The zero-order valence-corrected chi connectivity index (χ0v) is 14.4. The predicted octanol–water partition coefficient (Wildman–Crippen LogP) is 2.81. The fourth-order valence-corrected chi connectivity index (χ4v) is 3.18. The average molecular weight is 386 g/mol. The number of nitrogens with one attached hydrogen (secondary N) is 2. The summed E-state index contributed by atoms with van der Waals surface area (Å²) in [6.07, 6.45) is -4.37. The quantitative estimate of drug-likeness (QED) is 0.768. The Labute approximate surface area is 149 Å². The van der Waals surface area contributed by atoms with Crippen LogP contribution in [0.25, 0.3) is 0 Å². The van der Waals surface area contributed by atoms with Gasteiger partial charge in [-0.3, -0.25) is 4.79 Å². The monoisotopic (exact) mass is 386 g/mol. The standard InChI is InChI=1S/C17H17F3N2O3S/c18-17(19,20)14-8-4-5-9-15(14)22-16(23)12-21-26(24,25)11-10-13-6-2-1-3-7-13/h1-9,21H,10-12H2,(H,22,23). The highest BCUT2D eigenvalue weighted by molar-refractivity contribution is 7.89. The summed E-state index contributed by atoms with van der Waals surface area (Å²) < 4.78 is 64.5. The molecule has 0 saturated carbocycles. The van der Waals surface area contributed by atoms with Gasteiger partial charge in [0, 0.05) is 0 Å². The highest BCUT2D eigenvalue weighted by Gasteiger charge is 2.33. The number of hydrogen-bond donors (Lipinski definition) is 2. The van der Waals surface area contributed by atoms with Crippen LogP contribution in [0.1, 0.15) is 11.1 Å². The number of benzene rings is 2. The zero-order chi connectivity index (χ0) is 19.2. The SMILES string of the molecule is O=C(CNS(=O)(=O)CCc1ccccc1)Nc1ccccc1C(F)(F)F. The molecule has 0 aliphatic carbocycles. The Kier molecular flexibility index (Phi) is 6.38. The minimum absolute atomic E-state index is 0.233. The Morgan fingerprint density at radius 3 is 2.23 bits per heavy atom. The van der Waals surface area contributed by atoms with Crippen LogP contribution in [0.4, 0.5) is 18.9 Å². The molecule has 0 aliphatic heterocycles. The maximum atomic E-state index is 12.9. The molecule has 0 spiro atoms. The molecular formula is C17H17F3N2O3S. The number of aryl methyl sites for hydroxylation is 1. The Morgan fingerprint density at radius 1 is 0.962 bits per heavy atom. The van der Waals surface area contributed by atoms with E-state index < -0.39 is 39.9 Å². The summed E-state index contributed by atoms with van der Waals surface area (Å²) in [6.45, 7) is -0.649. The molecule has 0 aromatic heterocycles. The van der Waals surface area contributed by atoms with E-state index in [4.69, 9.17) is 0 Å². The first kappa shape index (κ1) is 19.9. The van der Waals surface area contributed by atoms with Crippen LogP contribution in [0.15, 0.2) is 54.6 Å². The summed E-state index contributed by atoms with van der Waals surface area (Å²) in [5.41, 5.74) is -0.602. The van der Waals surface area contributed by atoms with Gasteiger partial charge in [0.2, 0.25) is 15.9 Å². The number of amides is 1. The van der Waals surface area contributed by atoms with Crippen LogP contribution in [0.2, 0.25) is 0 Å². The van der Waals surface area contributed by atoms with Crippen molar-refractivity contribution in [2.75, 3.05) is 17.6 Å². The zero-order valence-electron chi connectivity index (χ0n) is 13.6. The first-order chi connectivity index (χ1) is 12.2. The van der Waals surface area contributed by atoms with E-state index in [9.17, 15) is 26.4 Å².